The molecule has 172 valence electrons. The van der Waals surface area contributed by atoms with Gasteiger partial charge >= 0.3 is 0 Å². The van der Waals surface area contributed by atoms with Crippen LogP contribution in [0.1, 0.15) is 16.8 Å². The Balaban J connectivity index is 0.00000253. The molecule has 5 nitrogen and oxygen atoms in total. The topological polar surface area (TPSA) is 55.6 Å². The van der Waals surface area contributed by atoms with Gasteiger partial charge in [-0.25, -0.2) is 4.98 Å². The maximum atomic E-state index is 4.64. The number of aromatic nitrogens is 4. The molecule has 6 rings (SSSR count). The Morgan fingerprint density at radius 3 is 2.40 bits per heavy atom. The summed E-state index contributed by atoms with van der Waals surface area (Å²) in [6.45, 7) is 2.10. The number of hydrogen-bond donors (Lipinski definition) is 1. The van der Waals surface area contributed by atoms with Crippen LogP contribution in [0, 0.1) is 6.92 Å². The van der Waals surface area contributed by atoms with Gasteiger partial charge in [0.2, 0.25) is 0 Å². The van der Waals surface area contributed by atoms with E-state index in [1.54, 1.807) is 0 Å². The number of nitrogens with zero attached hydrogens (tertiary/aromatic N) is 4. The van der Waals surface area contributed by atoms with E-state index in [0.717, 1.165) is 51.1 Å². The molecule has 35 heavy (non-hydrogen) atoms. The first-order valence-electron chi connectivity index (χ1n) is 11.3. The number of rotatable bonds is 5. The van der Waals surface area contributed by atoms with Crippen molar-refractivity contribution in [2.24, 2.45) is 0 Å². The SMILES string of the molecule is Cc1cccc(-n2cnc3cc(Nc4nnc(Cc5ccccc5)c5ccccc45)ccc32)c1.Cl. The van der Waals surface area contributed by atoms with Crippen LogP contribution in [-0.2, 0) is 6.42 Å². The number of benzene rings is 4. The van der Waals surface area contributed by atoms with Crippen LogP contribution < -0.4 is 5.32 Å². The molecule has 2 aromatic heterocycles. The van der Waals surface area contributed by atoms with Crippen LogP contribution in [0.2, 0.25) is 0 Å². The van der Waals surface area contributed by atoms with E-state index in [1.165, 1.54) is 11.1 Å². The van der Waals surface area contributed by atoms with Crippen molar-refractivity contribution in [2.75, 3.05) is 5.32 Å². The largest absolute Gasteiger partial charge is 0.338 e. The van der Waals surface area contributed by atoms with Gasteiger partial charge in [0, 0.05) is 28.6 Å². The molecule has 6 heteroatoms. The fraction of sp³-hybridized carbons (Fsp3) is 0.0690. The summed E-state index contributed by atoms with van der Waals surface area (Å²) in [5.74, 6) is 0.741. The number of nitrogens with one attached hydrogen (secondary N) is 1. The van der Waals surface area contributed by atoms with Crippen molar-refractivity contribution in [2.45, 2.75) is 13.3 Å². The molecule has 0 amide bonds. The van der Waals surface area contributed by atoms with Gasteiger partial charge in [0.25, 0.3) is 0 Å². The van der Waals surface area contributed by atoms with Crippen molar-refractivity contribution < 1.29 is 0 Å². The fourth-order valence-electron chi connectivity index (χ4n) is 4.38. The average molecular weight is 478 g/mol. The molecule has 0 bridgehead atoms. The minimum Gasteiger partial charge on any atom is -0.338 e. The molecule has 0 radical (unpaired) electrons. The van der Waals surface area contributed by atoms with E-state index in [2.05, 4.69) is 111 Å². The van der Waals surface area contributed by atoms with Crippen LogP contribution in [0.25, 0.3) is 27.5 Å². The van der Waals surface area contributed by atoms with Crippen molar-refractivity contribution in [3.8, 4) is 5.69 Å². The van der Waals surface area contributed by atoms with Crippen LogP contribution in [0.3, 0.4) is 0 Å². The smallest absolute Gasteiger partial charge is 0.160 e. The van der Waals surface area contributed by atoms with Gasteiger partial charge < -0.3 is 5.32 Å². The highest BCUT2D eigenvalue weighted by Gasteiger charge is 2.11. The average Bonchev–Trinajstić information content (AvgIpc) is 3.30. The number of anilines is 2. The first-order valence-corrected chi connectivity index (χ1v) is 11.3. The third-order valence-electron chi connectivity index (χ3n) is 6.07. The second kappa shape index (κ2) is 9.57. The molecule has 0 aliphatic heterocycles. The normalized spacial score (nSPS) is 10.9. The van der Waals surface area contributed by atoms with Crippen LogP contribution >= 0.6 is 12.4 Å². The Labute approximate surface area is 209 Å². The van der Waals surface area contributed by atoms with Gasteiger partial charge in [-0.2, -0.15) is 5.10 Å². The monoisotopic (exact) mass is 477 g/mol. The Hall–Kier alpha value is -4.22. The molecule has 0 atom stereocenters. The molecule has 0 aliphatic carbocycles. The lowest BCUT2D eigenvalue weighted by Gasteiger charge is -2.11. The van der Waals surface area contributed by atoms with Crippen molar-refractivity contribution >= 4 is 45.7 Å². The minimum absolute atomic E-state index is 0. The molecule has 0 spiro atoms. The van der Waals surface area contributed by atoms with E-state index in [4.69, 9.17) is 0 Å². The Bertz CT molecular complexity index is 1630. The molecular weight excluding hydrogens is 454 g/mol. The predicted octanol–water partition coefficient (Wildman–Crippen LogP) is 7.03. The quantitative estimate of drug-likeness (QED) is 0.289. The van der Waals surface area contributed by atoms with Crippen LogP contribution in [0.15, 0.2) is 103 Å². The summed E-state index contributed by atoms with van der Waals surface area (Å²) in [5, 5.41) is 14.8. The Kier molecular flexibility index (Phi) is 6.17. The summed E-state index contributed by atoms with van der Waals surface area (Å²) in [5.41, 5.74) is 7.43. The molecule has 1 N–H and O–H groups in total. The van der Waals surface area contributed by atoms with Gasteiger partial charge in [-0.1, -0.05) is 66.7 Å². The van der Waals surface area contributed by atoms with Crippen LogP contribution in [0.5, 0.6) is 0 Å². The second-order valence-electron chi connectivity index (χ2n) is 8.49. The third-order valence-corrected chi connectivity index (χ3v) is 6.07. The Morgan fingerprint density at radius 1 is 0.771 bits per heavy atom. The maximum Gasteiger partial charge on any atom is 0.160 e. The summed E-state index contributed by atoms with van der Waals surface area (Å²) < 4.78 is 2.11. The molecule has 0 unspecified atom stereocenters. The molecule has 0 aliphatic rings. The summed E-state index contributed by atoms with van der Waals surface area (Å²) in [7, 11) is 0. The first-order chi connectivity index (χ1) is 16.7. The Morgan fingerprint density at radius 2 is 1.57 bits per heavy atom. The van der Waals surface area contributed by atoms with Gasteiger partial charge in [0.15, 0.2) is 5.82 Å². The summed E-state index contributed by atoms with van der Waals surface area (Å²) >= 11 is 0. The zero-order valence-electron chi connectivity index (χ0n) is 19.2. The molecule has 6 aromatic rings. The highest BCUT2D eigenvalue weighted by Crippen LogP contribution is 2.29. The van der Waals surface area contributed by atoms with Crippen LogP contribution in [-0.4, -0.2) is 19.7 Å². The molecule has 0 saturated heterocycles. The number of hydrogen-bond acceptors (Lipinski definition) is 4. The summed E-state index contributed by atoms with van der Waals surface area (Å²) in [6, 6.07) is 33.3. The number of fused-ring (bicyclic) bond motifs is 2. The molecule has 4 aromatic carbocycles. The van der Waals surface area contributed by atoms with E-state index in [-0.39, 0.29) is 12.4 Å². The van der Waals surface area contributed by atoms with E-state index in [9.17, 15) is 0 Å². The highest BCUT2D eigenvalue weighted by molar-refractivity contribution is 5.95. The zero-order valence-corrected chi connectivity index (χ0v) is 20.0. The number of imidazole rings is 1. The van der Waals surface area contributed by atoms with Crippen molar-refractivity contribution in [1.82, 2.24) is 19.7 Å². The van der Waals surface area contributed by atoms with Crippen LogP contribution in [0.4, 0.5) is 11.5 Å². The van der Waals surface area contributed by atoms with E-state index >= 15 is 0 Å². The summed E-state index contributed by atoms with van der Waals surface area (Å²) in [4.78, 5) is 4.64. The molecule has 0 fully saturated rings. The van der Waals surface area contributed by atoms with Crippen molar-refractivity contribution in [3.63, 3.8) is 0 Å². The van der Waals surface area contributed by atoms with Crippen molar-refractivity contribution in [1.29, 1.82) is 0 Å². The number of aryl methyl sites for hydroxylation is 1. The first kappa shape index (κ1) is 22.6. The lowest BCUT2D eigenvalue weighted by Crippen LogP contribution is -2.02. The fourth-order valence-corrected chi connectivity index (χ4v) is 4.38. The van der Waals surface area contributed by atoms with Crippen molar-refractivity contribution in [3.05, 3.63) is 120 Å². The predicted molar refractivity (Wildman–Crippen MR) is 145 cm³/mol. The minimum atomic E-state index is 0. The standard InChI is InChI=1S/C29H23N5.ClH/c1-20-8-7-11-23(16-20)34-19-30-27-18-22(14-15-28(27)34)31-29-25-13-6-5-12-24(25)26(32-33-29)17-21-9-3-2-4-10-21;/h2-16,18-19H,17H2,1H3,(H,31,33);1H. The lowest BCUT2D eigenvalue weighted by molar-refractivity contribution is 0.962. The van der Waals surface area contributed by atoms with Gasteiger partial charge in [0.05, 0.1) is 16.7 Å². The molecule has 0 saturated carbocycles. The third kappa shape index (κ3) is 4.46. The zero-order chi connectivity index (χ0) is 22.9. The molecule has 2 heterocycles. The highest BCUT2D eigenvalue weighted by atomic mass is 35.5. The lowest BCUT2D eigenvalue weighted by atomic mass is 10.0. The maximum absolute atomic E-state index is 4.64. The van der Waals surface area contributed by atoms with Gasteiger partial charge in [-0.15, -0.1) is 17.5 Å². The summed E-state index contributed by atoms with van der Waals surface area (Å²) in [6.07, 6.45) is 2.62. The van der Waals surface area contributed by atoms with E-state index < -0.39 is 0 Å². The molecular formula is C29H24ClN5. The van der Waals surface area contributed by atoms with Gasteiger partial charge in [0.1, 0.15) is 6.33 Å². The van der Waals surface area contributed by atoms with E-state index in [1.807, 2.05) is 24.5 Å². The number of halogens is 1. The van der Waals surface area contributed by atoms with Gasteiger partial charge in [-0.3, -0.25) is 4.57 Å². The van der Waals surface area contributed by atoms with Gasteiger partial charge in [-0.05, 0) is 48.4 Å². The van der Waals surface area contributed by atoms with E-state index in [0.29, 0.717) is 0 Å². The second-order valence-corrected chi connectivity index (χ2v) is 8.49.